The van der Waals surface area contributed by atoms with Gasteiger partial charge in [-0.1, -0.05) is 18.2 Å². The third-order valence-electron chi connectivity index (χ3n) is 6.72. The van der Waals surface area contributed by atoms with E-state index in [9.17, 15) is 18.0 Å². The molecule has 2 saturated heterocycles. The monoisotopic (exact) mass is 499 g/mol. The number of sulfonamides is 1. The van der Waals surface area contributed by atoms with Crippen molar-refractivity contribution in [1.82, 2.24) is 14.1 Å². The minimum atomic E-state index is -3.65. The summed E-state index contributed by atoms with van der Waals surface area (Å²) in [7, 11) is -1.68. The summed E-state index contributed by atoms with van der Waals surface area (Å²) in [4.78, 5) is 28.8. The first-order valence-electron chi connectivity index (χ1n) is 11.9. The average molecular weight is 500 g/mol. The quantitative estimate of drug-likeness (QED) is 0.598. The van der Waals surface area contributed by atoms with E-state index in [-0.39, 0.29) is 28.2 Å². The molecule has 0 aromatic heterocycles. The second-order valence-electron chi connectivity index (χ2n) is 9.36. The number of nitrogens with two attached hydrogens (primary N) is 1. The van der Waals surface area contributed by atoms with Gasteiger partial charge < -0.3 is 16.0 Å². The first kappa shape index (κ1) is 25.3. The van der Waals surface area contributed by atoms with Gasteiger partial charge in [0.25, 0.3) is 5.91 Å². The molecule has 1 unspecified atom stereocenters. The summed E-state index contributed by atoms with van der Waals surface area (Å²) in [6.45, 7) is 4.53. The molecule has 2 aromatic carbocycles. The van der Waals surface area contributed by atoms with E-state index in [2.05, 4.69) is 15.1 Å². The van der Waals surface area contributed by atoms with Gasteiger partial charge in [0.1, 0.15) is 0 Å². The van der Waals surface area contributed by atoms with E-state index in [1.807, 2.05) is 31.3 Å². The Hall–Kier alpha value is -2.79. The summed E-state index contributed by atoms with van der Waals surface area (Å²) in [5.41, 5.74) is 7.46. The van der Waals surface area contributed by atoms with Crippen molar-refractivity contribution in [2.24, 2.45) is 11.7 Å². The Morgan fingerprint density at radius 1 is 1.03 bits per heavy atom. The molecule has 0 radical (unpaired) electrons. The van der Waals surface area contributed by atoms with Crippen LogP contribution >= 0.6 is 0 Å². The summed E-state index contributed by atoms with van der Waals surface area (Å²) < 4.78 is 27.5. The first-order chi connectivity index (χ1) is 16.7. The highest BCUT2D eigenvalue weighted by Crippen LogP contribution is 2.21. The minimum Gasteiger partial charge on any atom is -0.369 e. The molecule has 0 spiro atoms. The zero-order chi connectivity index (χ0) is 25.0. The lowest BCUT2D eigenvalue weighted by Crippen LogP contribution is -2.47. The van der Waals surface area contributed by atoms with Gasteiger partial charge in [0.05, 0.1) is 10.8 Å². The number of likely N-dealkylation sites (N-methyl/N-ethyl adjacent to an activating group) is 1. The topological polar surface area (TPSA) is 116 Å². The number of carbonyl (C=O) groups is 2. The van der Waals surface area contributed by atoms with Gasteiger partial charge >= 0.3 is 0 Å². The molecule has 2 heterocycles. The third-order valence-corrected chi connectivity index (χ3v) is 8.62. The first-order valence-corrected chi connectivity index (χ1v) is 13.4. The molecule has 4 rings (SSSR count). The van der Waals surface area contributed by atoms with Crippen molar-refractivity contribution in [1.29, 1.82) is 0 Å². The number of hydrogen-bond donors (Lipinski definition) is 2. The van der Waals surface area contributed by atoms with Crippen LogP contribution in [0.3, 0.4) is 0 Å². The van der Waals surface area contributed by atoms with Gasteiger partial charge in [-0.15, -0.1) is 0 Å². The molecule has 0 saturated carbocycles. The number of amides is 2. The molecule has 3 N–H and O–H groups in total. The van der Waals surface area contributed by atoms with E-state index in [0.717, 1.165) is 24.9 Å². The molecule has 9 nitrogen and oxygen atoms in total. The number of nitrogens with one attached hydrogen (secondary N) is 1. The van der Waals surface area contributed by atoms with Crippen molar-refractivity contribution >= 4 is 27.5 Å². The maximum absolute atomic E-state index is 13.0. The smallest absolute Gasteiger partial charge is 0.255 e. The molecule has 2 amide bonds. The van der Waals surface area contributed by atoms with Crippen LogP contribution in [0.4, 0.5) is 5.69 Å². The number of primary amides is 1. The van der Waals surface area contributed by atoms with Crippen LogP contribution in [0.25, 0.3) is 0 Å². The molecule has 0 bridgehead atoms. The number of rotatable bonds is 7. The van der Waals surface area contributed by atoms with Crippen molar-refractivity contribution in [3.63, 3.8) is 0 Å². The number of likely N-dealkylation sites (tertiary alicyclic amines) is 1. The number of carbonyl (C=O) groups excluding carboxylic acids is 2. The van der Waals surface area contributed by atoms with Crippen LogP contribution in [0.1, 0.15) is 28.8 Å². The van der Waals surface area contributed by atoms with Gasteiger partial charge in [-0.3, -0.25) is 14.5 Å². The summed E-state index contributed by atoms with van der Waals surface area (Å²) in [6.07, 6.45) is 1.79. The van der Waals surface area contributed by atoms with Crippen LogP contribution in [-0.2, 0) is 21.4 Å². The van der Waals surface area contributed by atoms with Crippen molar-refractivity contribution in [3.05, 3.63) is 59.7 Å². The highest BCUT2D eigenvalue weighted by molar-refractivity contribution is 7.89. The maximum atomic E-state index is 13.0. The fraction of sp³-hybridized carbons (Fsp3) is 0.440. The lowest BCUT2D eigenvalue weighted by molar-refractivity contribution is -0.123. The van der Waals surface area contributed by atoms with E-state index in [1.54, 1.807) is 12.1 Å². The van der Waals surface area contributed by atoms with Crippen LogP contribution in [0.5, 0.6) is 0 Å². The average Bonchev–Trinajstić information content (AvgIpc) is 2.86. The fourth-order valence-electron chi connectivity index (χ4n) is 4.56. The third kappa shape index (κ3) is 6.26. The number of piperidine rings is 1. The molecule has 188 valence electrons. The second-order valence-corrected chi connectivity index (χ2v) is 11.3. The van der Waals surface area contributed by atoms with Crippen LogP contribution in [-0.4, -0.2) is 80.7 Å². The van der Waals surface area contributed by atoms with E-state index >= 15 is 0 Å². The van der Waals surface area contributed by atoms with Crippen molar-refractivity contribution in [2.75, 3.05) is 51.6 Å². The van der Waals surface area contributed by atoms with Gasteiger partial charge in [-0.2, -0.15) is 4.31 Å². The molecule has 2 fully saturated rings. The molecule has 10 heteroatoms. The predicted molar refractivity (Wildman–Crippen MR) is 134 cm³/mol. The normalized spacial score (nSPS) is 20.4. The minimum absolute atomic E-state index is 0.0989. The van der Waals surface area contributed by atoms with Crippen molar-refractivity contribution in [2.45, 2.75) is 24.3 Å². The maximum Gasteiger partial charge on any atom is 0.255 e. The zero-order valence-electron chi connectivity index (χ0n) is 20.0. The highest BCUT2D eigenvalue weighted by atomic mass is 32.2. The number of piperazine rings is 1. The predicted octanol–water partition coefficient (Wildman–Crippen LogP) is 1.57. The van der Waals surface area contributed by atoms with E-state index < -0.39 is 10.0 Å². The van der Waals surface area contributed by atoms with Crippen molar-refractivity contribution < 1.29 is 18.0 Å². The van der Waals surface area contributed by atoms with Gasteiger partial charge in [0, 0.05) is 50.5 Å². The molecular formula is C25H33N5O4S. The molecular weight excluding hydrogens is 466 g/mol. The van der Waals surface area contributed by atoms with Crippen LogP contribution in [0.2, 0.25) is 0 Å². The lowest BCUT2D eigenvalue weighted by Gasteiger charge is -2.31. The summed E-state index contributed by atoms with van der Waals surface area (Å²) in [5.74, 6) is -0.709. The highest BCUT2D eigenvalue weighted by Gasteiger charge is 2.28. The second kappa shape index (κ2) is 10.9. The van der Waals surface area contributed by atoms with E-state index in [1.165, 1.54) is 16.4 Å². The van der Waals surface area contributed by atoms with Crippen molar-refractivity contribution in [3.8, 4) is 0 Å². The van der Waals surface area contributed by atoms with Gasteiger partial charge in [0.2, 0.25) is 15.9 Å². The number of anilines is 1. The van der Waals surface area contributed by atoms with Gasteiger partial charge in [-0.05, 0) is 62.3 Å². The van der Waals surface area contributed by atoms with E-state index in [0.29, 0.717) is 45.0 Å². The lowest BCUT2D eigenvalue weighted by atomic mass is 9.97. The molecule has 0 aliphatic carbocycles. The SMILES string of the molecule is CN1CCN(S(=O)(=O)c2cccc(C(=O)Nc3ccc(CN4CCCC(C(N)=O)C4)cc3)c2)CC1. The van der Waals surface area contributed by atoms with Crippen LogP contribution < -0.4 is 11.1 Å². The summed E-state index contributed by atoms with van der Waals surface area (Å²) >= 11 is 0. The molecule has 2 aromatic rings. The Morgan fingerprint density at radius 3 is 2.43 bits per heavy atom. The van der Waals surface area contributed by atoms with Gasteiger partial charge in [0.15, 0.2) is 0 Å². The zero-order valence-corrected chi connectivity index (χ0v) is 20.8. The Labute approximate surface area is 206 Å². The van der Waals surface area contributed by atoms with E-state index in [4.69, 9.17) is 5.73 Å². The number of nitrogens with zero attached hydrogens (tertiary/aromatic N) is 3. The number of hydrogen-bond acceptors (Lipinski definition) is 6. The van der Waals surface area contributed by atoms with Crippen LogP contribution in [0.15, 0.2) is 53.4 Å². The molecule has 1 atom stereocenters. The Morgan fingerprint density at radius 2 is 1.74 bits per heavy atom. The van der Waals surface area contributed by atoms with Crippen LogP contribution in [0, 0.1) is 5.92 Å². The Bertz CT molecular complexity index is 1160. The van der Waals surface area contributed by atoms with Gasteiger partial charge in [-0.25, -0.2) is 8.42 Å². The molecule has 35 heavy (non-hydrogen) atoms. The molecule has 2 aliphatic rings. The molecule has 2 aliphatic heterocycles. The number of benzene rings is 2. The summed E-state index contributed by atoms with van der Waals surface area (Å²) in [5, 5.41) is 2.85. The largest absolute Gasteiger partial charge is 0.369 e. The fourth-order valence-corrected chi connectivity index (χ4v) is 6.03. The summed E-state index contributed by atoms with van der Waals surface area (Å²) in [6, 6.07) is 13.7. The Balaban J connectivity index is 1.38. The Kier molecular flexibility index (Phi) is 7.85. The standard InChI is InChI=1S/C25H33N5O4S/c1-28-12-14-30(15-13-28)35(33,34)23-6-2-4-20(16-23)25(32)27-22-9-7-19(8-10-22)17-29-11-3-5-21(18-29)24(26)31/h2,4,6-10,16,21H,3,5,11-15,17-18H2,1H3,(H2,26,31)(H,27,32).